The van der Waals surface area contributed by atoms with Gasteiger partial charge >= 0.3 is 18.2 Å². The van der Waals surface area contributed by atoms with E-state index in [0.717, 1.165) is 25.7 Å². The van der Waals surface area contributed by atoms with Crippen LogP contribution in [-0.4, -0.2) is 47.3 Å². The van der Waals surface area contributed by atoms with Gasteiger partial charge in [-0.2, -0.15) is 13.2 Å². The molecule has 0 aromatic heterocycles. The largest absolute Gasteiger partial charge is 0.480 e. The van der Waals surface area contributed by atoms with Gasteiger partial charge in [0.15, 0.2) is 0 Å². The van der Waals surface area contributed by atoms with Gasteiger partial charge in [0, 0.05) is 6.04 Å². The number of rotatable bonds is 4. The van der Waals surface area contributed by atoms with Crippen LogP contribution in [0.3, 0.4) is 0 Å². The van der Waals surface area contributed by atoms with E-state index in [0.29, 0.717) is 16.7 Å². The first-order valence-corrected chi connectivity index (χ1v) is 6.58. The second-order valence-electron chi connectivity index (χ2n) is 5.60. The van der Waals surface area contributed by atoms with Crippen LogP contribution in [0.5, 0.6) is 0 Å². The Balaban J connectivity index is 1.93. The van der Waals surface area contributed by atoms with Crippen molar-refractivity contribution in [1.29, 1.82) is 0 Å². The third kappa shape index (κ3) is 3.77. The zero-order chi connectivity index (χ0) is 14.9. The molecule has 20 heavy (non-hydrogen) atoms. The van der Waals surface area contributed by atoms with E-state index in [-0.39, 0.29) is 6.04 Å². The van der Waals surface area contributed by atoms with Crippen LogP contribution in [0.15, 0.2) is 0 Å². The van der Waals surface area contributed by atoms with Gasteiger partial charge in [-0.15, -0.1) is 0 Å². The summed E-state index contributed by atoms with van der Waals surface area (Å²) in [5.74, 6) is -0.598. The van der Waals surface area contributed by atoms with Crippen LogP contribution in [0.25, 0.3) is 0 Å². The van der Waals surface area contributed by atoms with Crippen molar-refractivity contribution in [3.05, 3.63) is 0 Å². The number of nitrogens with one attached hydrogen (secondary N) is 1. The maximum absolute atomic E-state index is 12.4. The van der Waals surface area contributed by atoms with Crippen molar-refractivity contribution in [3.8, 4) is 0 Å². The van der Waals surface area contributed by atoms with Gasteiger partial charge in [0.1, 0.15) is 13.1 Å². The van der Waals surface area contributed by atoms with Crippen LogP contribution in [-0.2, 0) is 4.79 Å². The minimum atomic E-state index is -4.61. The number of fused-ring (bicyclic) bond motifs is 2. The highest BCUT2D eigenvalue weighted by Crippen LogP contribution is 2.44. The Kier molecular flexibility index (Phi) is 4.10. The van der Waals surface area contributed by atoms with Crippen LogP contribution in [0.4, 0.5) is 18.0 Å². The monoisotopic (exact) mass is 294 g/mol. The smallest absolute Gasteiger partial charge is 0.406 e. The molecule has 0 saturated heterocycles. The number of carbonyl (C=O) groups excluding carboxylic acids is 1. The highest BCUT2D eigenvalue weighted by atomic mass is 19.4. The lowest BCUT2D eigenvalue weighted by atomic mass is 9.95. The summed E-state index contributed by atoms with van der Waals surface area (Å²) in [4.78, 5) is 22.7. The first-order chi connectivity index (χ1) is 9.24. The second kappa shape index (κ2) is 5.49. The van der Waals surface area contributed by atoms with Crippen molar-refractivity contribution in [1.82, 2.24) is 10.2 Å². The minimum Gasteiger partial charge on any atom is -0.480 e. The van der Waals surface area contributed by atoms with Crippen LogP contribution in [0, 0.1) is 11.8 Å². The molecule has 2 fully saturated rings. The van der Waals surface area contributed by atoms with E-state index in [1.165, 1.54) is 0 Å². The number of carboxylic acids is 1. The van der Waals surface area contributed by atoms with Gasteiger partial charge in [0.2, 0.25) is 0 Å². The lowest BCUT2D eigenvalue weighted by Gasteiger charge is -2.28. The molecule has 5 nitrogen and oxygen atoms in total. The number of carbonyl (C=O) groups is 2. The highest BCUT2D eigenvalue weighted by Gasteiger charge is 2.41. The molecule has 0 aromatic rings. The summed E-state index contributed by atoms with van der Waals surface area (Å²) in [6.45, 7) is -2.50. The molecule has 0 aliphatic heterocycles. The summed E-state index contributed by atoms with van der Waals surface area (Å²) in [7, 11) is 0. The Hall–Kier alpha value is -1.47. The molecule has 2 saturated carbocycles. The normalized spacial score (nSPS) is 28.4. The number of aliphatic carboxylic acids is 1. The molecule has 0 radical (unpaired) electrons. The molecular formula is C12H17F3N2O3. The van der Waals surface area contributed by atoms with Gasteiger partial charge < -0.3 is 15.3 Å². The summed E-state index contributed by atoms with van der Waals surface area (Å²) in [6, 6.07) is -1.06. The third-order valence-electron chi connectivity index (χ3n) is 4.03. The summed E-state index contributed by atoms with van der Waals surface area (Å²) in [6.07, 6.45) is -0.736. The van der Waals surface area contributed by atoms with E-state index in [9.17, 15) is 22.8 Å². The van der Waals surface area contributed by atoms with Gasteiger partial charge in [0.25, 0.3) is 0 Å². The van der Waals surface area contributed by atoms with Crippen molar-refractivity contribution in [2.24, 2.45) is 11.8 Å². The molecule has 2 N–H and O–H groups in total. The summed E-state index contributed by atoms with van der Waals surface area (Å²) < 4.78 is 37.1. The quantitative estimate of drug-likeness (QED) is 0.831. The molecule has 0 spiro atoms. The molecule has 3 unspecified atom stereocenters. The minimum absolute atomic E-state index is 0.120. The maximum Gasteiger partial charge on any atom is 0.406 e. The summed E-state index contributed by atoms with van der Waals surface area (Å²) in [5, 5.41) is 11.2. The molecule has 2 amide bonds. The fourth-order valence-electron chi connectivity index (χ4n) is 3.25. The number of urea groups is 1. The molecule has 2 aliphatic carbocycles. The SMILES string of the molecule is O=C(O)CN(CC(F)(F)F)C(=O)NC1CC2CCC1C2. The average Bonchev–Trinajstić information content (AvgIpc) is 2.87. The Morgan fingerprint density at radius 3 is 2.40 bits per heavy atom. The Morgan fingerprint density at radius 2 is 1.95 bits per heavy atom. The van der Waals surface area contributed by atoms with Crippen LogP contribution in [0.1, 0.15) is 25.7 Å². The zero-order valence-corrected chi connectivity index (χ0v) is 10.8. The number of halogens is 3. The predicted octanol–water partition coefficient (Wildman–Crippen LogP) is 1.83. The third-order valence-corrected chi connectivity index (χ3v) is 4.03. The molecule has 2 bridgehead atoms. The Labute approximate surface area is 114 Å². The van der Waals surface area contributed by atoms with Crippen LogP contribution in [0.2, 0.25) is 0 Å². The lowest BCUT2D eigenvalue weighted by Crippen LogP contribution is -2.51. The van der Waals surface area contributed by atoms with E-state index >= 15 is 0 Å². The topological polar surface area (TPSA) is 69.6 Å². The molecule has 2 aliphatic rings. The summed E-state index contributed by atoms with van der Waals surface area (Å²) >= 11 is 0. The van der Waals surface area contributed by atoms with E-state index in [1.807, 2.05) is 0 Å². The van der Waals surface area contributed by atoms with Crippen molar-refractivity contribution >= 4 is 12.0 Å². The molecule has 114 valence electrons. The second-order valence-corrected chi connectivity index (χ2v) is 5.60. The molecule has 3 atom stereocenters. The van der Waals surface area contributed by atoms with E-state index in [4.69, 9.17) is 5.11 Å². The number of nitrogens with zero attached hydrogens (tertiary/aromatic N) is 1. The summed E-state index contributed by atoms with van der Waals surface area (Å²) in [5.41, 5.74) is 0. The molecule has 0 aromatic carbocycles. The predicted molar refractivity (Wildman–Crippen MR) is 63.0 cm³/mol. The highest BCUT2D eigenvalue weighted by molar-refractivity contribution is 5.80. The standard InChI is InChI=1S/C12H17F3N2O3/c13-12(14,15)6-17(5-10(18)19)11(20)16-9-4-7-1-2-8(9)3-7/h7-9H,1-6H2,(H,16,20)(H,18,19). The van der Waals surface area contributed by atoms with Gasteiger partial charge in [-0.25, -0.2) is 4.79 Å². The molecule has 8 heteroatoms. The van der Waals surface area contributed by atoms with Crippen LogP contribution >= 0.6 is 0 Å². The average molecular weight is 294 g/mol. The first-order valence-electron chi connectivity index (χ1n) is 6.58. The molecule has 2 rings (SSSR count). The fourth-order valence-corrected chi connectivity index (χ4v) is 3.25. The van der Waals surface area contributed by atoms with Crippen molar-refractivity contribution in [2.75, 3.05) is 13.1 Å². The van der Waals surface area contributed by atoms with Gasteiger partial charge in [-0.3, -0.25) is 4.79 Å². The number of amides is 2. The van der Waals surface area contributed by atoms with E-state index in [1.54, 1.807) is 0 Å². The number of hydrogen-bond acceptors (Lipinski definition) is 2. The molecular weight excluding hydrogens is 277 g/mol. The number of carboxylic acid groups (broad SMARTS) is 1. The van der Waals surface area contributed by atoms with Crippen molar-refractivity contribution < 1.29 is 27.9 Å². The van der Waals surface area contributed by atoms with Crippen molar-refractivity contribution in [2.45, 2.75) is 37.9 Å². The van der Waals surface area contributed by atoms with Gasteiger partial charge in [-0.05, 0) is 31.1 Å². The van der Waals surface area contributed by atoms with E-state index in [2.05, 4.69) is 5.32 Å². The maximum atomic E-state index is 12.4. The van der Waals surface area contributed by atoms with Crippen LogP contribution < -0.4 is 5.32 Å². The van der Waals surface area contributed by atoms with Gasteiger partial charge in [-0.1, -0.05) is 6.42 Å². The molecule has 0 heterocycles. The number of alkyl halides is 3. The van der Waals surface area contributed by atoms with Gasteiger partial charge in [0.05, 0.1) is 0 Å². The lowest BCUT2D eigenvalue weighted by molar-refractivity contribution is -0.149. The van der Waals surface area contributed by atoms with E-state index < -0.39 is 31.3 Å². The zero-order valence-electron chi connectivity index (χ0n) is 10.8. The van der Waals surface area contributed by atoms with Crippen molar-refractivity contribution in [3.63, 3.8) is 0 Å². The Bertz CT molecular complexity index is 400. The fraction of sp³-hybridized carbons (Fsp3) is 0.833. The Morgan fingerprint density at radius 1 is 1.25 bits per heavy atom. The number of hydrogen-bond donors (Lipinski definition) is 2. The first kappa shape index (κ1) is 14.9.